The molecule has 0 unspecified atom stereocenters. The van der Waals surface area contributed by atoms with Crippen LogP contribution < -0.4 is 0 Å². The van der Waals surface area contributed by atoms with E-state index in [2.05, 4.69) is 0 Å². The van der Waals surface area contributed by atoms with Crippen molar-refractivity contribution in [1.29, 1.82) is 0 Å². The first kappa shape index (κ1) is 9.67. The standard InChI is InChI=1S/AsH3O3.Na/c2-1(3)4;/h2-4H;. The van der Waals surface area contributed by atoms with Gasteiger partial charge in [-0.05, 0) is 0 Å². The Bertz CT molecular complexity index is 11.6. The van der Waals surface area contributed by atoms with Crippen LogP contribution in [0.25, 0.3) is 0 Å². The fraction of sp³-hybridized carbons (Fsp3) is 0. The van der Waals surface area contributed by atoms with Gasteiger partial charge in [0.25, 0.3) is 0 Å². The van der Waals surface area contributed by atoms with Crippen molar-refractivity contribution in [2.24, 2.45) is 0 Å². The third-order valence-corrected chi connectivity index (χ3v) is 0. The van der Waals surface area contributed by atoms with Crippen molar-refractivity contribution in [3.63, 3.8) is 0 Å². The summed E-state index contributed by atoms with van der Waals surface area (Å²) >= 11 is -3.19. The fourth-order valence-electron chi connectivity index (χ4n) is 0. The molecule has 0 rings (SSSR count). The van der Waals surface area contributed by atoms with Gasteiger partial charge in [-0.25, -0.2) is 0 Å². The summed E-state index contributed by atoms with van der Waals surface area (Å²) in [4.78, 5) is 0. The van der Waals surface area contributed by atoms with Gasteiger partial charge < -0.3 is 0 Å². The maximum atomic E-state index is 7.31. The molecule has 5 heteroatoms. The Morgan fingerprint density at radius 3 is 1.00 bits per heavy atom. The summed E-state index contributed by atoms with van der Waals surface area (Å²) in [6.07, 6.45) is 0. The molecule has 0 atom stereocenters. The first-order valence-electron chi connectivity index (χ1n) is 0.600. The van der Waals surface area contributed by atoms with Gasteiger partial charge in [0.15, 0.2) is 0 Å². The van der Waals surface area contributed by atoms with Crippen molar-refractivity contribution in [3.05, 3.63) is 0 Å². The molecule has 0 aromatic heterocycles. The minimum atomic E-state index is -3.19. The van der Waals surface area contributed by atoms with Crippen molar-refractivity contribution in [2.75, 3.05) is 0 Å². The van der Waals surface area contributed by atoms with Gasteiger partial charge in [-0.15, -0.1) is 0 Å². The zero-order valence-electron chi connectivity index (χ0n) is 2.79. The van der Waals surface area contributed by atoms with E-state index in [1.807, 2.05) is 0 Å². The Hall–Kier alpha value is 1.44. The molecule has 3 N–H and O–H groups in total. The van der Waals surface area contributed by atoms with E-state index < -0.39 is 15.7 Å². The molecule has 5 heavy (non-hydrogen) atoms. The van der Waals surface area contributed by atoms with E-state index in [1.165, 1.54) is 0 Å². The van der Waals surface area contributed by atoms with Crippen LogP contribution in [0.2, 0.25) is 0 Å². The van der Waals surface area contributed by atoms with Crippen molar-refractivity contribution in [3.8, 4) is 0 Å². The maximum absolute atomic E-state index is 7.31. The van der Waals surface area contributed by atoms with Gasteiger partial charge in [0.1, 0.15) is 0 Å². The zero-order chi connectivity index (χ0) is 3.58. The van der Waals surface area contributed by atoms with E-state index in [-0.39, 0.29) is 29.6 Å². The van der Waals surface area contributed by atoms with Crippen LogP contribution in [-0.4, -0.2) is 57.5 Å². The molecule has 0 spiro atoms. The predicted octanol–water partition coefficient (Wildman–Crippen LogP) is -2.43. The fourth-order valence-corrected chi connectivity index (χ4v) is 0. The molecule has 0 aliphatic carbocycles. The second-order valence-electron chi connectivity index (χ2n) is 0.268. The maximum Gasteiger partial charge on any atom is 0 e. The van der Waals surface area contributed by atoms with Crippen molar-refractivity contribution in [1.82, 2.24) is 0 Å². The molecule has 0 amide bonds. The summed E-state index contributed by atoms with van der Waals surface area (Å²) in [5.41, 5.74) is 0. The predicted molar refractivity (Wildman–Crippen MR) is 18.2 cm³/mol. The van der Waals surface area contributed by atoms with E-state index in [4.69, 9.17) is 12.3 Å². The average molecular weight is 149 g/mol. The average Bonchev–Trinajstić information content (AvgIpc) is 0.811. The molecule has 0 aliphatic rings. The van der Waals surface area contributed by atoms with Crippen LogP contribution in [0.3, 0.4) is 0 Å². The summed E-state index contributed by atoms with van der Waals surface area (Å²) in [6, 6.07) is 0. The molecule has 0 bridgehead atoms. The number of hydrogen-bond acceptors (Lipinski definition) is 3. The molecule has 0 saturated carbocycles. The molecule has 0 heterocycles. The second kappa shape index (κ2) is 5.44. The van der Waals surface area contributed by atoms with Crippen LogP contribution in [0.5, 0.6) is 0 Å². The summed E-state index contributed by atoms with van der Waals surface area (Å²) in [5, 5.41) is 0. The van der Waals surface area contributed by atoms with E-state index in [0.717, 1.165) is 0 Å². The van der Waals surface area contributed by atoms with Crippen molar-refractivity contribution in [2.45, 2.75) is 0 Å². The normalized spacial score (nSPS) is 7.20. The Labute approximate surface area is 57.2 Å². The number of rotatable bonds is 0. The van der Waals surface area contributed by atoms with E-state index in [1.54, 1.807) is 0 Å². The largest absolute Gasteiger partial charge is 0 e. The van der Waals surface area contributed by atoms with Crippen LogP contribution >= 0.6 is 0 Å². The Morgan fingerprint density at radius 2 is 1.00 bits per heavy atom. The topological polar surface area (TPSA) is 60.7 Å². The molecule has 0 aromatic carbocycles. The van der Waals surface area contributed by atoms with Crippen LogP contribution in [0, 0.1) is 0 Å². The number of hydrogen-bond donors (Lipinski definition) is 3. The molecular formula is H3AsNaO3. The SMILES string of the molecule is O[As](O)O.[Na]. The first-order chi connectivity index (χ1) is 1.73. The van der Waals surface area contributed by atoms with E-state index >= 15 is 0 Å². The van der Waals surface area contributed by atoms with Crippen LogP contribution in [0.4, 0.5) is 0 Å². The van der Waals surface area contributed by atoms with E-state index in [0.29, 0.717) is 0 Å². The van der Waals surface area contributed by atoms with Gasteiger partial charge in [0.2, 0.25) is 0 Å². The Kier molecular flexibility index (Phi) is 10.5. The summed E-state index contributed by atoms with van der Waals surface area (Å²) in [7, 11) is 0. The molecule has 1 radical (unpaired) electrons. The summed E-state index contributed by atoms with van der Waals surface area (Å²) in [6.45, 7) is 0. The minimum Gasteiger partial charge on any atom is 0 e. The third kappa shape index (κ3) is 31.1. The van der Waals surface area contributed by atoms with Crippen LogP contribution in [-0.2, 0) is 0 Å². The Morgan fingerprint density at radius 1 is 1.00 bits per heavy atom. The smallest absolute Gasteiger partial charge is 0 e. The van der Waals surface area contributed by atoms with Crippen LogP contribution in [0.15, 0.2) is 0 Å². The zero-order valence-corrected chi connectivity index (χ0v) is 6.67. The monoisotopic (exact) mass is 149 g/mol. The molecule has 3 nitrogen and oxygen atoms in total. The van der Waals surface area contributed by atoms with E-state index in [9.17, 15) is 0 Å². The van der Waals surface area contributed by atoms with Gasteiger partial charge in [-0.1, -0.05) is 0 Å². The van der Waals surface area contributed by atoms with Gasteiger partial charge in [-0.2, -0.15) is 0 Å². The Balaban J connectivity index is 0. The van der Waals surface area contributed by atoms with Crippen LogP contribution in [0.1, 0.15) is 0 Å². The summed E-state index contributed by atoms with van der Waals surface area (Å²) in [5.74, 6) is 0. The first-order valence-corrected chi connectivity index (χ1v) is 3.12. The molecule has 27 valence electrons. The van der Waals surface area contributed by atoms with Gasteiger partial charge >= 0.3 is 28.0 Å². The van der Waals surface area contributed by atoms with Gasteiger partial charge in [-0.3, -0.25) is 0 Å². The molecule has 0 aromatic rings. The molecular weight excluding hydrogens is 146 g/mol. The quantitative estimate of drug-likeness (QED) is 0.335. The van der Waals surface area contributed by atoms with Gasteiger partial charge in [0, 0.05) is 29.6 Å². The van der Waals surface area contributed by atoms with Crippen molar-refractivity contribution >= 4 is 45.2 Å². The third-order valence-electron chi connectivity index (χ3n) is 0. The summed E-state index contributed by atoms with van der Waals surface area (Å²) < 4.78 is 21.9. The molecule has 0 saturated heterocycles. The minimum absolute atomic E-state index is 0. The molecule has 0 fully saturated rings. The van der Waals surface area contributed by atoms with Gasteiger partial charge in [0.05, 0.1) is 0 Å². The molecule has 0 aliphatic heterocycles. The second-order valence-corrected chi connectivity index (χ2v) is 1.39. The van der Waals surface area contributed by atoms with Crippen molar-refractivity contribution < 1.29 is 12.3 Å².